The van der Waals surface area contributed by atoms with Crippen molar-refractivity contribution in [2.45, 2.75) is 37.8 Å². The molecular formula is C20H20FNO3. The number of ketones is 1. The Morgan fingerprint density at radius 2 is 2.00 bits per heavy atom. The van der Waals surface area contributed by atoms with Crippen molar-refractivity contribution in [2.75, 3.05) is 6.54 Å². The van der Waals surface area contributed by atoms with E-state index in [1.54, 1.807) is 24.3 Å². The summed E-state index contributed by atoms with van der Waals surface area (Å²) in [7, 11) is 0. The molecule has 0 N–H and O–H groups in total. The van der Waals surface area contributed by atoms with Crippen LogP contribution in [0.25, 0.3) is 0 Å². The molecule has 0 radical (unpaired) electrons. The maximum Gasteiger partial charge on any atom is 0.290 e. The standard InChI is InChI=1S/C20H20FNO3/c1-2-11-22-17(12-7-3-5-9-14(12)21)16-18(23)13-8-4-6-10-15(13)25-19(16)20(22)24/h2-3,5,7,9,13,15,17H,1,4,6,8,10-11H2. The Balaban J connectivity index is 1.84. The molecule has 0 saturated heterocycles. The molecule has 1 fully saturated rings. The van der Waals surface area contributed by atoms with E-state index in [0.717, 1.165) is 25.7 Å². The molecule has 1 aliphatic carbocycles. The van der Waals surface area contributed by atoms with Gasteiger partial charge in [0.25, 0.3) is 5.91 Å². The monoisotopic (exact) mass is 341 g/mol. The van der Waals surface area contributed by atoms with Crippen molar-refractivity contribution in [3.05, 3.63) is 59.6 Å². The number of nitrogens with zero attached hydrogens (tertiary/aromatic N) is 1. The minimum atomic E-state index is -0.739. The largest absolute Gasteiger partial charge is 0.483 e. The number of ether oxygens (including phenoxy) is 1. The first-order valence-corrected chi connectivity index (χ1v) is 8.74. The molecule has 0 aromatic heterocycles. The molecule has 25 heavy (non-hydrogen) atoms. The Labute approximate surface area is 146 Å². The second-order valence-corrected chi connectivity index (χ2v) is 6.82. The zero-order valence-corrected chi connectivity index (χ0v) is 13.9. The van der Waals surface area contributed by atoms with E-state index in [0.29, 0.717) is 11.1 Å². The molecule has 2 heterocycles. The lowest BCUT2D eigenvalue weighted by atomic mass is 9.77. The molecule has 3 unspecified atom stereocenters. The van der Waals surface area contributed by atoms with E-state index in [1.165, 1.54) is 11.0 Å². The van der Waals surface area contributed by atoms with Crippen LogP contribution >= 0.6 is 0 Å². The number of fused-ring (bicyclic) bond motifs is 1. The second kappa shape index (κ2) is 6.14. The number of benzene rings is 1. The molecular weight excluding hydrogens is 321 g/mol. The lowest BCUT2D eigenvalue weighted by molar-refractivity contribution is -0.135. The first kappa shape index (κ1) is 16.1. The van der Waals surface area contributed by atoms with Crippen LogP contribution in [0.1, 0.15) is 37.3 Å². The van der Waals surface area contributed by atoms with Gasteiger partial charge in [-0.05, 0) is 25.3 Å². The Bertz CT molecular complexity index is 785. The third kappa shape index (κ3) is 2.41. The zero-order valence-electron chi connectivity index (χ0n) is 13.9. The van der Waals surface area contributed by atoms with Gasteiger partial charge in [-0.3, -0.25) is 9.59 Å². The molecule has 5 heteroatoms. The van der Waals surface area contributed by atoms with Crippen LogP contribution in [0.15, 0.2) is 48.3 Å². The Hall–Kier alpha value is -2.43. The van der Waals surface area contributed by atoms with Gasteiger partial charge in [-0.2, -0.15) is 0 Å². The van der Waals surface area contributed by atoms with Gasteiger partial charge in [-0.15, -0.1) is 6.58 Å². The quantitative estimate of drug-likeness (QED) is 0.793. The van der Waals surface area contributed by atoms with Gasteiger partial charge >= 0.3 is 0 Å². The predicted molar refractivity (Wildman–Crippen MR) is 89.9 cm³/mol. The molecule has 130 valence electrons. The van der Waals surface area contributed by atoms with Gasteiger partial charge in [0, 0.05) is 12.1 Å². The van der Waals surface area contributed by atoms with E-state index < -0.39 is 11.9 Å². The fourth-order valence-electron chi connectivity index (χ4n) is 4.24. The molecule has 0 spiro atoms. The topological polar surface area (TPSA) is 46.6 Å². The summed E-state index contributed by atoms with van der Waals surface area (Å²) in [6.07, 6.45) is 4.88. The Kier molecular flexibility index (Phi) is 3.94. The predicted octanol–water partition coefficient (Wildman–Crippen LogP) is 3.31. The number of hydrogen-bond acceptors (Lipinski definition) is 3. The Morgan fingerprint density at radius 3 is 2.76 bits per heavy atom. The van der Waals surface area contributed by atoms with Gasteiger partial charge in [0.05, 0.1) is 17.5 Å². The number of amides is 1. The highest BCUT2D eigenvalue weighted by molar-refractivity contribution is 6.11. The van der Waals surface area contributed by atoms with Crippen LogP contribution in [0.4, 0.5) is 4.39 Å². The van der Waals surface area contributed by atoms with Gasteiger partial charge in [0.15, 0.2) is 11.5 Å². The van der Waals surface area contributed by atoms with Crippen LogP contribution < -0.4 is 0 Å². The van der Waals surface area contributed by atoms with E-state index in [9.17, 15) is 14.0 Å². The van der Waals surface area contributed by atoms with E-state index in [-0.39, 0.29) is 36.0 Å². The first-order valence-electron chi connectivity index (χ1n) is 8.74. The Morgan fingerprint density at radius 1 is 1.24 bits per heavy atom. The lowest BCUT2D eigenvalue weighted by Gasteiger charge is -2.35. The summed E-state index contributed by atoms with van der Waals surface area (Å²) in [5.41, 5.74) is 0.647. The van der Waals surface area contributed by atoms with Crippen LogP contribution in [0.3, 0.4) is 0 Å². The van der Waals surface area contributed by atoms with Crippen LogP contribution in [-0.2, 0) is 14.3 Å². The number of carbonyl (C=O) groups is 2. The maximum atomic E-state index is 14.5. The summed E-state index contributed by atoms with van der Waals surface area (Å²) in [5.74, 6) is -0.942. The lowest BCUT2D eigenvalue weighted by Crippen LogP contribution is -2.39. The summed E-state index contributed by atoms with van der Waals surface area (Å²) < 4.78 is 20.4. The van der Waals surface area contributed by atoms with Crippen LogP contribution in [0.2, 0.25) is 0 Å². The molecule has 3 aliphatic rings. The van der Waals surface area contributed by atoms with Crippen LogP contribution in [0, 0.1) is 11.7 Å². The summed E-state index contributed by atoms with van der Waals surface area (Å²) in [5, 5.41) is 0. The van der Waals surface area contributed by atoms with Crippen molar-refractivity contribution < 1.29 is 18.7 Å². The fourth-order valence-corrected chi connectivity index (χ4v) is 4.24. The first-order chi connectivity index (χ1) is 12.1. The highest BCUT2D eigenvalue weighted by Gasteiger charge is 2.52. The van der Waals surface area contributed by atoms with Gasteiger partial charge in [0.2, 0.25) is 0 Å². The molecule has 1 aromatic carbocycles. The average molecular weight is 341 g/mol. The van der Waals surface area contributed by atoms with Crippen molar-refractivity contribution in [3.8, 4) is 0 Å². The summed E-state index contributed by atoms with van der Waals surface area (Å²) in [6, 6.07) is 5.54. The number of Topliss-reactive ketones (excluding diaryl/α,β-unsaturated/α-hetero) is 1. The van der Waals surface area contributed by atoms with E-state index in [1.807, 2.05) is 0 Å². The normalized spacial score (nSPS) is 28.5. The zero-order chi connectivity index (χ0) is 17.6. The van der Waals surface area contributed by atoms with Crippen LogP contribution in [-0.4, -0.2) is 29.2 Å². The van der Waals surface area contributed by atoms with Crippen molar-refractivity contribution in [3.63, 3.8) is 0 Å². The molecule has 1 amide bonds. The number of halogens is 1. The summed E-state index contributed by atoms with van der Waals surface area (Å²) >= 11 is 0. The highest BCUT2D eigenvalue weighted by Crippen LogP contribution is 2.46. The van der Waals surface area contributed by atoms with Crippen molar-refractivity contribution in [2.24, 2.45) is 5.92 Å². The number of carbonyl (C=O) groups excluding carboxylic acids is 2. The highest BCUT2D eigenvalue weighted by atomic mass is 19.1. The molecule has 4 nitrogen and oxygen atoms in total. The summed E-state index contributed by atoms with van der Waals surface area (Å²) in [6.45, 7) is 3.92. The van der Waals surface area contributed by atoms with Crippen molar-refractivity contribution in [1.29, 1.82) is 0 Å². The molecule has 3 atom stereocenters. The van der Waals surface area contributed by atoms with Crippen molar-refractivity contribution >= 4 is 11.7 Å². The molecule has 1 saturated carbocycles. The van der Waals surface area contributed by atoms with Gasteiger partial charge < -0.3 is 9.64 Å². The third-order valence-corrected chi connectivity index (χ3v) is 5.38. The SMILES string of the molecule is C=CCN1C(=O)C2=C(C(=O)C3CCCCC3O2)C1c1ccccc1F. The summed E-state index contributed by atoms with van der Waals surface area (Å²) in [4.78, 5) is 27.5. The minimum absolute atomic E-state index is 0.0564. The maximum absolute atomic E-state index is 14.5. The number of hydrogen-bond donors (Lipinski definition) is 0. The third-order valence-electron chi connectivity index (χ3n) is 5.38. The van der Waals surface area contributed by atoms with Gasteiger partial charge in [-0.1, -0.05) is 30.7 Å². The molecule has 0 bridgehead atoms. The van der Waals surface area contributed by atoms with E-state index in [4.69, 9.17) is 4.74 Å². The van der Waals surface area contributed by atoms with Gasteiger partial charge in [0.1, 0.15) is 11.9 Å². The van der Waals surface area contributed by atoms with E-state index in [2.05, 4.69) is 6.58 Å². The van der Waals surface area contributed by atoms with E-state index >= 15 is 0 Å². The molecule has 2 aliphatic heterocycles. The van der Waals surface area contributed by atoms with Crippen molar-refractivity contribution in [1.82, 2.24) is 4.90 Å². The fraction of sp³-hybridized carbons (Fsp3) is 0.400. The minimum Gasteiger partial charge on any atom is -0.483 e. The smallest absolute Gasteiger partial charge is 0.290 e. The second-order valence-electron chi connectivity index (χ2n) is 6.82. The van der Waals surface area contributed by atoms with Crippen LogP contribution in [0.5, 0.6) is 0 Å². The number of rotatable bonds is 3. The van der Waals surface area contributed by atoms with Gasteiger partial charge in [-0.25, -0.2) is 4.39 Å². The molecule has 1 aromatic rings. The average Bonchev–Trinajstić information content (AvgIpc) is 2.89. The molecule has 4 rings (SSSR count).